The average Bonchev–Trinajstić information content (AvgIpc) is 2.98. The van der Waals surface area contributed by atoms with Crippen LogP contribution in [0.3, 0.4) is 0 Å². The van der Waals surface area contributed by atoms with E-state index >= 15 is 0 Å². The topological polar surface area (TPSA) is 55.8 Å². The minimum Gasteiger partial charge on any atom is -0.483 e. The van der Waals surface area contributed by atoms with Crippen molar-refractivity contribution in [3.05, 3.63) is 47.0 Å². The number of rotatable bonds is 6. The van der Waals surface area contributed by atoms with E-state index in [9.17, 15) is 14.0 Å². The Hall–Kier alpha value is -2.21. The minimum atomic E-state index is -0.514. The molecule has 0 radical (unpaired) electrons. The molecule has 3 unspecified atom stereocenters. The lowest BCUT2D eigenvalue weighted by Gasteiger charge is -2.35. The molecule has 1 saturated carbocycles. The number of carbonyl (C=O) groups is 2. The first-order valence-electron chi connectivity index (χ1n) is 10.2. The third-order valence-corrected chi connectivity index (χ3v) is 5.94. The van der Waals surface area contributed by atoms with Gasteiger partial charge in [-0.25, -0.2) is 4.39 Å². The Bertz CT molecular complexity index is 788. The number of nitrogens with zero attached hydrogens (tertiary/aromatic N) is 1. The van der Waals surface area contributed by atoms with Crippen molar-refractivity contribution in [2.75, 3.05) is 19.8 Å². The van der Waals surface area contributed by atoms with Gasteiger partial charge >= 0.3 is 0 Å². The molecular weight excluding hydrogens is 361 g/mol. The Morgan fingerprint density at radius 2 is 1.93 bits per heavy atom. The molecule has 6 heteroatoms. The van der Waals surface area contributed by atoms with Crippen LogP contribution in [0.15, 0.2) is 35.6 Å². The summed E-state index contributed by atoms with van der Waals surface area (Å²) in [4.78, 5) is 28.2. The molecule has 4 rings (SSSR count). The number of ether oxygens (including phenoxy) is 2. The number of fused-ring (bicyclic) bond motifs is 1. The Morgan fingerprint density at radius 3 is 2.68 bits per heavy atom. The molecule has 0 bridgehead atoms. The third-order valence-electron chi connectivity index (χ3n) is 5.94. The van der Waals surface area contributed by atoms with Crippen molar-refractivity contribution in [3.8, 4) is 0 Å². The van der Waals surface area contributed by atoms with Gasteiger partial charge in [0.2, 0.25) is 0 Å². The van der Waals surface area contributed by atoms with Crippen LogP contribution in [0.4, 0.5) is 4.39 Å². The van der Waals surface area contributed by atoms with Gasteiger partial charge in [0.1, 0.15) is 11.9 Å². The molecule has 3 atom stereocenters. The number of benzene rings is 1. The maximum Gasteiger partial charge on any atom is 0.290 e. The molecule has 0 spiro atoms. The molecule has 1 aromatic rings. The van der Waals surface area contributed by atoms with Gasteiger partial charge < -0.3 is 14.4 Å². The van der Waals surface area contributed by atoms with E-state index in [-0.39, 0.29) is 35.3 Å². The monoisotopic (exact) mass is 387 g/mol. The van der Waals surface area contributed by atoms with Crippen LogP contribution >= 0.6 is 0 Å². The van der Waals surface area contributed by atoms with Gasteiger partial charge in [-0.05, 0) is 50.3 Å². The van der Waals surface area contributed by atoms with E-state index in [4.69, 9.17) is 9.47 Å². The first kappa shape index (κ1) is 19.1. The second-order valence-corrected chi connectivity index (χ2v) is 7.66. The second-order valence-electron chi connectivity index (χ2n) is 7.66. The van der Waals surface area contributed by atoms with Gasteiger partial charge in [-0.3, -0.25) is 9.59 Å². The average molecular weight is 387 g/mol. The van der Waals surface area contributed by atoms with Crippen LogP contribution < -0.4 is 0 Å². The maximum atomic E-state index is 13.5. The summed E-state index contributed by atoms with van der Waals surface area (Å²) in [7, 11) is 0. The van der Waals surface area contributed by atoms with Crippen molar-refractivity contribution in [3.63, 3.8) is 0 Å². The van der Waals surface area contributed by atoms with Crippen LogP contribution in [0.2, 0.25) is 0 Å². The SMILES string of the molecule is CCOCCCN1C(=O)C2=C(C(=O)C3CCCCC3O2)C1c1ccc(F)cc1. The number of Topliss-reactive ketones (excluding diaryl/α,β-unsaturated/α-hetero) is 1. The van der Waals surface area contributed by atoms with Crippen LogP contribution in [-0.2, 0) is 19.1 Å². The largest absolute Gasteiger partial charge is 0.483 e. The fourth-order valence-corrected chi connectivity index (χ4v) is 4.60. The van der Waals surface area contributed by atoms with Gasteiger partial charge in [0, 0.05) is 19.8 Å². The molecule has 1 aliphatic carbocycles. The van der Waals surface area contributed by atoms with Crippen LogP contribution in [0.1, 0.15) is 50.6 Å². The molecule has 28 heavy (non-hydrogen) atoms. The smallest absolute Gasteiger partial charge is 0.290 e. The number of ketones is 1. The highest BCUT2D eigenvalue weighted by atomic mass is 19.1. The molecule has 0 saturated heterocycles. The lowest BCUT2D eigenvalue weighted by molar-refractivity contribution is -0.135. The summed E-state index contributed by atoms with van der Waals surface area (Å²) in [6, 6.07) is 5.53. The van der Waals surface area contributed by atoms with Crippen molar-refractivity contribution in [1.29, 1.82) is 0 Å². The summed E-state index contributed by atoms with van der Waals surface area (Å²) in [6.45, 7) is 3.55. The zero-order valence-corrected chi connectivity index (χ0v) is 16.2. The number of amides is 1. The summed E-state index contributed by atoms with van der Waals surface area (Å²) < 4.78 is 25.0. The second kappa shape index (κ2) is 8.03. The number of carbonyl (C=O) groups excluding carboxylic acids is 2. The molecule has 150 valence electrons. The molecule has 5 nitrogen and oxygen atoms in total. The van der Waals surface area contributed by atoms with E-state index in [0.29, 0.717) is 31.8 Å². The third kappa shape index (κ3) is 3.34. The Balaban J connectivity index is 1.68. The number of hydrogen-bond donors (Lipinski definition) is 0. The van der Waals surface area contributed by atoms with Crippen molar-refractivity contribution < 1.29 is 23.5 Å². The van der Waals surface area contributed by atoms with Gasteiger partial charge in [0.25, 0.3) is 5.91 Å². The molecule has 0 N–H and O–H groups in total. The van der Waals surface area contributed by atoms with Crippen molar-refractivity contribution in [2.45, 2.75) is 51.2 Å². The lowest BCUT2D eigenvalue weighted by Crippen LogP contribution is -2.39. The number of hydrogen-bond acceptors (Lipinski definition) is 4. The van der Waals surface area contributed by atoms with Crippen LogP contribution in [0, 0.1) is 11.7 Å². The summed E-state index contributed by atoms with van der Waals surface area (Å²) >= 11 is 0. The Kier molecular flexibility index (Phi) is 5.49. The van der Waals surface area contributed by atoms with Crippen LogP contribution in [0.5, 0.6) is 0 Å². The first-order valence-corrected chi connectivity index (χ1v) is 10.2. The lowest BCUT2D eigenvalue weighted by atomic mass is 9.77. The van der Waals surface area contributed by atoms with Gasteiger partial charge in [0.05, 0.1) is 17.5 Å². The molecule has 1 fully saturated rings. The zero-order valence-electron chi connectivity index (χ0n) is 16.2. The Morgan fingerprint density at radius 1 is 1.18 bits per heavy atom. The molecule has 2 heterocycles. The van der Waals surface area contributed by atoms with Crippen LogP contribution in [0.25, 0.3) is 0 Å². The standard InChI is InChI=1S/C22H26FNO4/c1-2-27-13-5-12-24-19(14-8-10-15(23)11-9-14)18-20(25)16-6-3-4-7-17(16)28-21(18)22(24)26/h8-11,16-17,19H,2-7,12-13H2,1H3. The minimum absolute atomic E-state index is 0.0286. The van der Waals surface area contributed by atoms with E-state index in [1.165, 1.54) is 12.1 Å². The summed E-state index contributed by atoms with van der Waals surface area (Å²) in [6.07, 6.45) is 4.11. The quantitative estimate of drug-likeness (QED) is 0.701. The first-order chi connectivity index (χ1) is 13.6. The molecule has 2 aliphatic heterocycles. The molecule has 3 aliphatic rings. The molecular formula is C22H26FNO4. The van der Waals surface area contributed by atoms with Gasteiger partial charge in [0.15, 0.2) is 11.5 Å². The maximum absolute atomic E-state index is 13.5. The molecule has 1 amide bonds. The summed E-state index contributed by atoms with van der Waals surface area (Å²) in [5.41, 5.74) is 1.19. The van der Waals surface area contributed by atoms with Crippen molar-refractivity contribution in [1.82, 2.24) is 4.90 Å². The van der Waals surface area contributed by atoms with Gasteiger partial charge in [-0.2, -0.15) is 0 Å². The zero-order chi connectivity index (χ0) is 19.7. The Labute approximate surface area is 164 Å². The highest BCUT2D eigenvalue weighted by Gasteiger charge is 2.51. The number of halogens is 1. The highest BCUT2D eigenvalue weighted by Crippen LogP contribution is 2.46. The normalized spacial score (nSPS) is 26.9. The predicted molar refractivity (Wildman–Crippen MR) is 101 cm³/mol. The molecule has 1 aromatic carbocycles. The molecule has 0 aromatic heterocycles. The van der Waals surface area contributed by atoms with Gasteiger partial charge in [-0.15, -0.1) is 0 Å². The van der Waals surface area contributed by atoms with E-state index < -0.39 is 6.04 Å². The van der Waals surface area contributed by atoms with Crippen LogP contribution in [-0.4, -0.2) is 42.5 Å². The van der Waals surface area contributed by atoms with Crippen molar-refractivity contribution in [2.24, 2.45) is 5.92 Å². The fraction of sp³-hybridized carbons (Fsp3) is 0.545. The summed E-state index contributed by atoms with van der Waals surface area (Å²) in [5, 5.41) is 0. The fourth-order valence-electron chi connectivity index (χ4n) is 4.60. The predicted octanol–water partition coefficient (Wildman–Crippen LogP) is 3.55. The van der Waals surface area contributed by atoms with Gasteiger partial charge in [-0.1, -0.05) is 18.6 Å². The summed E-state index contributed by atoms with van der Waals surface area (Å²) in [5.74, 6) is -0.520. The highest BCUT2D eigenvalue weighted by molar-refractivity contribution is 6.11. The van der Waals surface area contributed by atoms with E-state index in [2.05, 4.69) is 0 Å². The van der Waals surface area contributed by atoms with E-state index in [1.807, 2.05) is 6.92 Å². The van der Waals surface area contributed by atoms with E-state index in [1.54, 1.807) is 17.0 Å². The van der Waals surface area contributed by atoms with Crippen molar-refractivity contribution >= 4 is 11.7 Å². The van der Waals surface area contributed by atoms with E-state index in [0.717, 1.165) is 31.2 Å².